The zero-order valence-electron chi connectivity index (χ0n) is 44.0. The highest BCUT2D eigenvalue weighted by molar-refractivity contribution is 5.71. The highest BCUT2D eigenvalue weighted by atomic mass is 16.6. The molecule has 0 spiro atoms. The minimum absolute atomic E-state index is 0.135. The summed E-state index contributed by atoms with van der Waals surface area (Å²) in [4.78, 5) is 38.1. The average molecular weight is 951 g/mol. The molecule has 1 atom stereocenters. The molecular weight excluding hydrogens is 853 g/mol. The van der Waals surface area contributed by atoms with Crippen molar-refractivity contribution in [1.82, 2.24) is 0 Å². The third-order valence-corrected chi connectivity index (χ3v) is 10.8. The van der Waals surface area contributed by atoms with E-state index in [2.05, 4.69) is 167 Å². The Labute approximate surface area is 423 Å². The van der Waals surface area contributed by atoms with Gasteiger partial charge in [0, 0.05) is 19.3 Å². The van der Waals surface area contributed by atoms with E-state index in [0.717, 1.165) is 109 Å². The standard InChI is InChI=1S/C63H98O6/c1-4-7-10-13-16-19-22-25-28-30-31-33-36-39-42-45-48-51-54-57-63(66)69-60(58-67-61(64)55-52-49-46-43-40-37-34-27-24-21-18-15-12-9-6-3)59-68-62(65)56-53-50-47-44-41-38-35-32-29-26-23-20-17-14-11-8-5-2/h7,9-10,12,16,18-19,21,25-29,31,33-35,38-40,42-44,47,60H,4-6,8,11,13-15,17,20,22-24,30,32,36-37,41,45-46,48-59H2,1-3H3/b10-7-,12-9-,19-16-,21-18-,28-25-,29-26-,33-31-,34-27-,38-35-,42-39-,43-40-,47-44-/t60-/m1/s1. The van der Waals surface area contributed by atoms with Crippen LogP contribution < -0.4 is 0 Å². The van der Waals surface area contributed by atoms with Gasteiger partial charge < -0.3 is 14.2 Å². The van der Waals surface area contributed by atoms with Gasteiger partial charge in [0.05, 0.1) is 0 Å². The molecule has 0 amide bonds. The van der Waals surface area contributed by atoms with E-state index in [0.29, 0.717) is 19.3 Å². The smallest absolute Gasteiger partial charge is 0.306 e. The number of allylic oxidation sites excluding steroid dienone is 24. The quantitative estimate of drug-likeness (QED) is 0.0262. The normalized spacial score (nSPS) is 13.3. The SMILES string of the molecule is CC/C=C\C/C=C\C/C=C\C/C=C\C/C=C\CCCCCC(=O)O[C@@H](COC(=O)CCC/C=C\C/C=C\C/C=C\CCCCCCCC)COC(=O)CCCC/C=C\C/C=C\C/C=C\C/C=C\CC. The molecule has 0 heterocycles. The van der Waals surface area contributed by atoms with Gasteiger partial charge in [-0.3, -0.25) is 14.4 Å². The van der Waals surface area contributed by atoms with Crippen molar-refractivity contribution in [1.29, 1.82) is 0 Å². The Bertz CT molecular complexity index is 1560. The molecule has 0 rings (SSSR count). The fourth-order valence-electron chi connectivity index (χ4n) is 6.77. The second kappa shape index (κ2) is 55.9. The second-order valence-electron chi connectivity index (χ2n) is 17.4. The van der Waals surface area contributed by atoms with Gasteiger partial charge in [0.25, 0.3) is 0 Å². The van der Waals surface area contributed by atoms with Crippen molar-refractivity contribution < 1.29 is 28.6 Å². The van der Waals surface area contributed by atoms with E-state index in [9.17, 15) is 14.4 Å². The minimum Gasteiger partial charge on any atom is -0.462 e. The van der Waals surface area contributed by atoms with E-state index in [1.807, 2.05) is 0 Å². The summed E-state index contributed by atoms with van der Waals surface area (Å²) in [6.45, 7) is 6.27. The molecule has 0 aromatic rings. The number of carbonyl (C=O) groups is 3. The van der Waals surface area contributed by atoms with Crippen LogP contribution in [0, 0.1) is 0 Å². The maximum absolute atomic E-state index is 12.8. The molecular formula is C63H98O6. The first-order valence-corrected chi connectivity index (χ1v) is 27.3. The van der Waals surface area contributed by atoms with Crippen LogP contribution in [0.25, 0.3) is 0 Å². The Hall–Kier alpha value is -4.71. The van der Waals surface area contributed by atoms with Crippen LogP contribution >= 0.6 is 0 Å². The van der Waals surface area contributed by atoms with Gasteiger partial charge in [0.1, 0.15) is 13.2 Å². The van der Waals surface area contributed by atoms with E-state index in [1.165, 1.54) is 44.9 Å². The molecule has 6 heteroatoms. The van der Waals surface area contributed by atoms with Gasteiger partial charge >= 0.3 is 17.9 Å². The summed E-state index contributed by atoms with van der Waals surface area (Å²) in [6.07, 6.45) is 79.8. The number of hydrogen-bond acceptors (Lipinski definition) is 6. The van der Waals surface area contributed by atoms with Gasteiger partial charge in [0.15, 0.2) is 6.10 Å². The zero-order chi connectivity index (χ0) is 50.0. The number of ether oxygens (including phenoxy) is 3. The molecule has 0 unspecified atom stereocenters. The van der Waals surface area contributed by atoms with Gasteiger partial charge in [-0.25, -0.2) is 0 Å². The predicted molar refractivity (Wildman–Crippen MR) is 297 cm³/mol. The van der Waals surface area contributed by atoms with Crippen LogP contribution in [0.2, 0.25) is 0 Å². The van der Waals surface area contributed by atoms with E-state index in [-0.39, 0.29) is 50.4 Å². The van der Waals surface area contributed by atoms with Crippen molar-refractivity contribution in [2.75, 3.05) is 13.2 Å². The molecule has 0 radical (unpaired) electrons. The van der Waals surface area contributed by atoms with Gasteiger partial charge in [0.2, 0.25) is 0 Å². The Morgan fingerprint density at radius 1 is 0.304 bits per heavy atom. The summed E-state index contributed by atoms with van der Waals surface area (Å²) in [6, 6.07) is 0. The van der Waals surface area contributed by atoms with Crippen LogP contribution in [-0.2, 0) is 28.6 Å². The molecule has 0 aliphatic heterocycles. The van der Waals surface area contributed by atoms with Crippen LogP contribution in [0.3, 0.4) is 0 Å². The van der Waals surface area contributed by atoms with E-state index < -0.39 is 6.10 Å². The average Bonchev–Trinajstić information content (AvgIpc) is 3.35. The molecule has 386 valence electrons. The zero-order valence-corrected chi connectivity index (χ0v) is 44.0. The van der Waals surface area contributed by atoms with Crippen molar-refractivity contribution >= 4 is 17.9 Å². The molecule has 0 saturated heterocycles. The molecule has 0 aliphatic rings. The van der Waals surface area contributed by atoms with E-state index in [1.54, 1.807) is 0 Å². The third kappa shape index (κ3) is 54.1. The maximum Gasteiger partial charge on any atom is 0.306 e. The summed E-state index contributed by atoms with van der Waals surface area (Å²) in [5.74, 6) is -1.07. The van der Waals surface area contributed by atoms with Crippen LogP contribution in [0.1, 0.15) is 213 Å². The molecule has 0 bridgehead atoms. The van der Waals surface area contributed by atoms with Gasteiger partial charge in [-0.15, -0.1) is 0 Å². The number of esters is 3. The first kappa shape index (κ1) is 64.3. The van der Waals surface area contributed by atoms with Crippen molar-refractivity contribution in [2.24, 2.45) is 0 Å². The number of unbranched alkanes of at least 4 members (excludes halogenated alkanes) is 12. The molecule has 69 heavy (non-hydrogen) atoms. The maximum atomic E-state index is 12.8. The largest absolute Gasteiger partial charge is 0.462 e. The summed E-state index contributed by atoms with van der Waals surface area (Å²) in [7, 11) is 0. The van der Waals surface area contributed by atoms with Crippen molar-refractivity contribution in [2.45, 2.75) is 219 Å². The lowest BCUT2D eigenvalue weighted by atomic mass is 10.1. The van der Waals surface area contributed by atoms with Crippen molar-refractivity contribution in [3.63, 3.8) is 0 Å². The summed E-state index contributed by atoms with van der Waals surface area (Å²) >= 11 is 0. The van der Waals surface area contributed by atoms with Gasteiger partial charge in [-0.1, -0.05) is 205 Å². The molecule has 0 saturated carbocycles. The molecule has 0 fully saturated rings. The van der Waals surface area contributed by atoms with Crippen LogP contribution in [0.4, 0.5) is 0 Å². The van der Waals surface area contributed by atoms with Crippen molar-refractivity contribution in [3.05, 3.63) is 146 Å². The summed E-state index contributed by atoms with van der Waals surface area (Å²) in [5, 5.41) is 0. The second-order valence-corrected chi connectivity index (χ2v) is 17.4. The topological polar surface area (TPSA) is 78.9 Å². The summed E-state index contributed by atoms with van der Waals surface area (Å²) < 4.78 is 16.7. The first-order chi connectivity index (χ1) is 34.0. The van der Waals surface area contributed by atoms with E-state index >= 15 is 0 Å². The first-order valence-electron chi connectivity index (χ1n) is 27.3. The van der Waals surface area contributed by atoms with Crippen LogP contribution in [-0.4, -0.2) is 37.2 Å². The lowest BCUT2D eigenvalue weighted by Gasteiger charge is -2.18. The fourth-order valence-corrected chi connectivity index (χ4v) is 6.77. The molecule has 0 aromatic carbocycles. The monoisotopic (exact) mass is 951 g/mol. The number of rotatable bonds is 47. The third-order valence-electron chi connectivity index (χ3n) is 10.8. The lowest BCUT2D eigenvalue weighted by Crippen LogP contribution is -2.30. The molecule has 0 aromatic heterocycles. The van der Waals surface area contributed by atoms with Crippen LogP contribution in [0.5, 0.6) is 0 Å². The predicted octanol–water partition coefficient (Wildman–Crippen LogP) is 18.4. The molecule has 6 nitrogen and oxygen atoms in total. The van der Waals surface area contributed by atoms with Crippen LogP contribution in [0.15, 0.2) is 146 Å². The highest BCUT2D eigenvalue weighted by Gasteiger charge is 2.19. The highest BCUT2D eigenvalue weighted by Crippen LogP contribution is 2.11. The Morgan fingerprint density at radius 3 is 0.971 bits per heavy atom. The Balaban J connectivity index is 4.62. The lowest BCUT2D eigenvalue weighted by molar-refractivity contribution is -0.167. The number of hydrogen-bond donors (Lipinski definition) is 0. The Kier molecular flexibility index (Phi) is 52.1. The summed E-state index contributed by atoms with van der Waals surface area (Å²) in [5.41, 5.74) is 0. The van der Waals surface area contributed by atoms with Gasteiger partial charge in [-0.05, 0) is 135 Å². The molecule has 0 N–H and O–H groups in total. The number of carbonyl (C=O) groups excluding carboxylic acids is 3. The Morgan fingerprint density at radius 2 is 0.580 bits per heavy atom. The van der Waals surface area contributed by atoms with Crippen molar-refractivity contribution in [3.8, 4) is 0 Å². The minimum atomic E-state index is -0.840. The van der Waals surface area contributed by atoms with E-state index in [4.69, 9.17) is 14.2 Å². The van der Waals surface area contributed by atoms with Gasteiger partial charge in [-0.2, -0.15) is 0 Å². The fraction of sp³-hybridized carbons (Fsp3) is 0.571. The molecule has 0 aliphatic carbocycles.